The van der Waals surface area contributed by atoms with Crippen LogP contribution in [0.5, 0.6) is 5.75 Å². The van der Waals surface area contributed by atoms with Crippen LogP contribution < -0.4 is 15.4 Å². The van der Waals surface area contributed by atoms with E-state index in [1.165, 1.54) is 12.8 Å². The molecule has 1 aliphatic heterocycles. The van der Waals surface area contributed by atoms with E-state index in [1.807, 2.05) is 24.3 Å². The van der Waals surface area contributed by atoms with Crippen molar-refractivity contribution in [2.45, 2.75) is 26.3 Å². The van der Waals surface area contributed by atoms with Gasteiger partial charge in [-0.25, -0.2) is 4.79 Å². The number of hydrogen-bond donors (Lipinski definition) is 2. The summed E-state index contributed by atoms with van der Waals surface area (Å²) in [5.74, 6) is 1.58. The summed E-state index contributed by atoms with van der Waals surface area (Å²) in [7, 11) is 1.64. The molecule has 1 heterocycles. The van der Waals surface area contributed by atoms with E-state index in [0.717, 1.165) is 36.9 Å². The van der Waals surface area contributed by atoms with Crippen molar-refractivity contribution in [3.8, 4) is 5.75 Å². The number of nitrogens with zero attached hydrogens (tertiary/aromatic N) is 1. The van der Waals surface area contributed by atoms with Crippen LogP contribution in [-0.4, -0.2) is 44.2 Å². The highest BCUT2D eigenvalue weighted by atomic mass is 16.5. The molecule has 1 unspecified atom stereocenters. The molecular weight excluding hydrogens is 278 g/mol. The Bertz CT molecular complexity index is 479. The van der Waals surface area contributed by atoms with Crippen LogP contribution in [0.15, 0.2) is 24.3 Å². The van der Waals surface area contributed by atoms with Crippen LogP contribution in [0.1, 0.15) is 25.3 Å². The monoisotopic (exact) mass is 305 g/mol. The highest BCUT2D eigenvalue weighted by Gasteiger charge is 2.15. The molecule has 1 atom stereocenters. The molecule has 0 aliphatic carbocycles. The molecule has 2 amide bonds. The van der Waals surface area contributed by atoms with Gasteiger partial charge in [0.05, 0.1) is 7.11 Å². The summed E-state index contributed by atoms with van der Waals surface area (Å²) in [5, 5.41) is 5.79. The van der Waals surface area contributed by atoms with Gasteiger partial charge in [0, 0.05) is 26.2 Å². The number of benzene rings is 1. The number of nitrogens with one attached hydrogen (secondary N) is 2. The number of urea groups is 1. The third kappa shape index (κ3) is 5.56. The lowest BCUT2D eigenvalue weighted by molar-refractivity contribution is 0.184. The van der Waals surface area contributed by atoms with E-state index in [1.54, 1.807) is 7.11 Å². The molecule has 122 valence electrons. The van der Waals surface area contributed by atoms with E-state index in [0.29, 0.717) is 13.1 Å². The van der Waals surface area contributed by atoms with E-state index in [9.17, 15) is 4.79 Å². The van der Waals surface area contributed by atoms with E-state index in [4.69, 9.17) is 4.74 Å². The Hall–Kier alpha value is -1.75. The second-order valence-corrected chi connectivity index (χ2v) is 6.01. The van der Waals surface area contributed by atoms with Crippen LogP contribution in [-0.2, 0) is 6.54 Å². The number of piperidine rings is 1. The number of hydrogen-bond acceptors (Lipinski definition) is 3. The van der Waals surface area contributed by atoms with Crippen LogP contribution in [0.3, 0.4) is 0 Å². The summed E-state index contributed by atoms with van der Waals surface area (Å²) in [6.07, 6.45) is 2.59. The molecule has 1 fully saturated rings. The first kappa shape index (κ1) is 16.6. The lowest BCUT2D eigenvalue weighted by atomic mass is 10.0. The van der Waals surface area contributed by atoms with E-state index in [2.05, 4.69) is 22.5 Å². The van der Waals surface area contributed by atoms with Gasteiger partial charge in [0.1, 0.15) is 5.75 Å². The largest absolute Gasteiger partial charge is 0.497 e. The predicted octanol–water partition coefficient (Wildman–Crippen LogP) is 2.23. The number of amides is 2. The van der Waals surface area contributed by atoms with Crippen LogP contribution >= 0.6 is 0 Å². The quantitative estimate of drug-likeness (QED) is 0.847. The Morgan fingerprint density at radius 1 is 1.41 bits per heavy atom. The van der Waals surface area contributed by atoms with Crippen molar-refractivity contribution in [2.24, 2.45) is 5.92 Å². The molecule has 2 rings (SSSR count). The Morgan fingerprint density at radius 3 is 3.05 bits per heavy atom. The maximum Gasteiger partial charge on any atom is 0.315 e. The van der Waals surface area contributed by atoms with Crippen molar-refractivity contribution in [3.63, 3.8) is 0 Å². The molecule has 1 aliphatic rings. The number of ether oxygens (including phenoxy) is 1. The van der Waals surface area contributed by atoms with Crippen LogP contribution in [0.4, 0.5) is 4.79 Å². The van der Waals surface area contributed by atoms with Gasteiger partial charge in [-0.15, -0.1) is 0 Å². The van der Waals surface area contributed by atoms with Gasteiger partial charge in [-0.05, 0) is 43.0 Å². The maximum atomic E-state index is 11.8. The average Bonchev–Trinajstić information content (AvgIpc) is 2.53. The van der Waals surface area contributed by atoms with Gasteiger partial charge in [-0.3, -0.25) is 0 Å². The summed E-state index contributed by atoms with van der Waals surface area (Å²) in [6.45, 7) is 6.71. The normalized spacial score (nSPS) is 18.7. The summed E-state index contributed by atoms with van der Waals surface area (Å²) >= 11 is 0. The van der Waals surface area contributed by atoms with Crippen molar-refractivity contribution in [2.75, 3.05) is 33.3 Å². The molecule has 0 aromatic heterocycles. The Balaban J connectivity index is 1.63. The van der Waals surface area contributed by atoms with Gasteiger partial charge in [0.2, 0.25) is 0 Å². The third-order valence-corrected chi connectivity index (χ3v) is 4.04. The van der Waals surface area contributed by atoms with Crippen molar-refractivity contribution < 1.29 is 9.53 Å². The molecule has 5 heteroatoms. The first-order chi connectivity index (χ1) is 10.7. The molecule has 5 nitrogen and oxygen atoms in total. The highest BCUT2D eigenvalue weighted by Crippen LogP contribution is 2.14. The first-order valence-corrected chi connectivity index (χ1v) is 8.04. The van der Waals surface area contributed by atoms with Gasteiger partial charge < -0.3 is 20.3 Å². The van der Waals surface area contributed by atoms with Gasteiger partial charge >= 0.3 is 6.03 Å². The lowest BCUT2D eigenvalue weighted by Gasteiger charge is -2.30. The molecule has 22 heavy (non-hydrogen) atoms. The van der Waals surface area contributed by atoms with Gasteiger partial charge in [-0.1, -0.05) is 19.1 Å². The molecule has 0 saturated carbocycles. The Morgan fingerprint density at radius 2 is 2.27 bits per heavy atom. The van der Waals surface area contributed by atoms with E-state index >= 15 is 0 Å². The zero-order chi connectivity index (χ0) is 15.8. The molecule has 0 spiro atoms. The number of methoxy groups -OCH3 is 1. The average molecular weight is 305 g/mol. The predicted molar refractivity (Wildman–Crippen MR) is 88.1 cm³/mol. The van der Waals surface area contributed by atoms with Crippen molar-refractivity contribution in [1.82, 2.24) is 15.5 Å². The molecule has 0 bridgehead atoms. The second kappa shape index (κ2) is 8.63. The van der Waals surface area contributed by atoms with Crippen LogP contribution in [0.2, 0.25) is 0 Å². The third-order valence-electron chi connectivity index (χ3n) is 4.04. The van der Waals surface area contributed by atoms with Crippen molar-refractivity contribution >= 4 is 6.03 Å². The maximum absolute atomic E-state index is 11.8. The topological polar surface area (TPSA) is 53.6 Å². The molecule has 1 aromatic carbocycles. The Kier molecular flexibility index (Phi) is 6.52. The summed E-state index contributed by atoms with van der Waals surface area (Å²) < 4.78 is 5.17. The number of carbonyl (C=O) groups is 1. The molecule has 2 N–H and O–H groups in total. The number of rotatable bonds is 6. The van der Waals surface area contributed by atoms with Crippen LogP contribution in [0, 0.1) is 5.92 Å². The minimum Gasteiger partial charge on any atom is -0.497 e. The smallest absolute Gasteiger partial charge is 0.315 e. The summed E-state index contributed by atoms with van der Waals surface area (Å²) in [5.41, 5.74) is 1.03. The fourth-order valence-electron chi connectivity index (χ4n) is 2.84. The number of carbonyl (C=O) groups excluding carboxylic acids is 1. The zero-order valence-corrected chi connectivity index (χ0v) is 13.6. The lowest BCUT2D eigenvalue weighted by Crippen LogP contribution is -2.42. The molecule has 1 aromatic rings. The number of likely N-dealkylation sites (tertiary alicyclic amines) is 1. The fraction of sp³-hybridized carbons (Fsp3) is 0.588. The molecule has 0 radical (unpaired) electrons. The van der Waals surface area contributed by atoms with Crippen molar-refractivity contribution in [1.29, 1.82) is 0 Å². The van der Waals surface area contributed by atoms with E-state index < -0.39 is 0 Å². The van der Waals surface area contributed by atoms with Gasteiger partial charge in [0.25, 0.3) is 0 Å². The highest BCUT2D eigenvalue weighted by molar-refractivity contribution is 5.73. The van der Waals surface area contributed by atoms with Gasteiger partial charge in [-0.2, -0.15) is 0 Å². The summed E-state index contributed by atoms with van der Waals surface area (Å²) in [4.78, 5) is 14.2. The van der Waals surface area contributed by atoms with Gasteiger partial charge in [0.15, 0.2) is 0 Å². The Labute approximate surface area is 133 Å². The second-order valence-electron chi connectivity index (χ2n) is 6.01. The van der Waals surface area contributed by atoms with E-state index in [-0.39, 0.29) is 6.03 Å². The SMILES string of the molecule is COc1cccc(CNC(=O)NCCN2CCCC(C)C2)c1. The van der Waals surface area contributed by atoms with Crippen molar-refractivity contribution in [3.05, 3.63) is 29.8 Å². The molecule has 1 saturated heterocycles. The minimum atomic E-state index is -0.118. The summed E-state index contributed by atoms with van der Waals surface area (Å²) in [6, 6.07) is 7.59. The first-order valence-electron chi connectivity index (χ1n) is 8.04. The fourth-order valence-corrected chi connectivity index (χ4v) is 2.84. The minimum absolute atomic E-state index is 0.118. The standard InChI is InChI=1S/C17H27N3O2/c1-14-5-4-9-20(13-14)10-8-18-17(21)19-12-15-6-3-7-16(11-15)22-2/h3,6-7,11,14H,4-5,8-10,12-13H2,1-2H3,(H2,18,19,21). The molecular formula is C17H27N3O2. The zero-order valence-electron chi connectivity index (χ0n) is 13.6. The van der Waals surface area contributed by atoms with Crippen LogP contribution in [0.25, 0.3) is 0 Å².